The zero-order chi connectivity index (χ0) is 22.0. The van der Waals surface area contributed by atoms with Gasteiger partial charge in [0, 0.05) is 11.1 Å². The first-order valence-electron chi connectivity index (χ1n) is 9.56. The first-order chi connectivity index (χ1) is 15.0. The predicted molar refractivity (Wildman–Crippen MR) is 115 cm³/mol. The van der Waals surface area contributed by atoms with Gasteiger partial charge in [0.1, 0.15) is 29.1 Å². The number of Topliss-reactive ketones (excluding diaryl/α,β-unsaturated/α-hetero) is 1. The average Bonchev–Trinajstić information content (AvgIpc) is 3.22. The normalized spacial score (nSPS) is 13.1. The van der Waals surface area contributed by atoms with Gasteiger partial charge in [0.25, 0.3) is 0 Å². The Morgan fingerprint density at radius 3 is 2.48 bits per heavy atom. The van der Waals surface area contributed by atoms with Gasteiger partial charge in [-0.25, -0.2) is 9.37 Å². The molecule has 6 nitrogen and oxygen atoms in total. The average molecular weight is 418 g/mol. The molecule has 0 aliphatic rings. The summed E-state index contributed by atoms with van der Waals surface area (Å²) in [6.45, 7) is -0.493. The third-order valence-corrected chi connectivity index (χ3v) is 4.89. The smallest absolute Gasteiger partial charge is 0.200 e. The van der Waals surface area contributed by atoms with Crippen molar-refractivity contribution in [1.82, 2.24) is 9.97 Å². The molecule has 1 heterocycles. The summed E-state index contributed by atoms with van der Waals surface area (Å²) in [5.74, 6) is -1.46. The molecule has 156 valence electrons. The molecule has 0 fully saturated rings. The van der Waals surface area contributed by atoms with Gasteiger partial charge in [-0.1, -0.05) is 42.5 Å². The number of benzene rings is 3. The first-order valence-corrected chi connectivity index (χ1v) is 9.56. The van der Waals surface area contributed by atoms with E-state index in [0.717, 1.165) is 6.07 Å². The minimum Gasteiger partial charge on any atom is -0.506 e. The number of allylic oxidation sites excluding steroid dienone is 1. The van der Waals surface area contributed by atoms with E-state index in [0.29, 0.717) is 16.6 Å². The highest BCUT2D eigenvalue weighted by Crippen LogP contribution is 2.29. The Kier molecular flexibility index (Phi) is 5.62. The SMILES string of the molecule is O=C(/C(=C(/O)c1cccc([C@@H](O)CO)c1)c1nc2ccccc2[nH]1)c1cccc(F)c1. The summed E-state index contributed by atoms with van der Waals surface area (Å²) < 4.78 is 13.8. The molecule has 0 saturated heterocycles. The van der Waals surface area contributed by atoms with E-state index in [-0.39, 0.29) is 28.3 Å². The molecular weight excluding hydrogens is 399 g/mol. The van der Waals surface area contributed by atoms with Crippen LogP contribution in [0.3, 0.4) is 0 Å². The van der Waals surface area contributed by atoms with Crippen molar-refractivity contribution in [3.63, 3.8) is 0 Å². The van der Waals surface area contributed by atoms with Gasteiger partial charge in [-0.2, -0.15) is 0 Å². The van der Waals surface area contributed by atoms with Gasteiger partial charge >= 0.3 is 0 Å². The van der Waals surface area contributed by atoms with Gasteiger partial charge in [0.2, 0.25) is 5.78 Å². The Bertz CT molecular complexity index is 1260. The number of hydrogen-bond donors (Lipinski definition) is 4. The Morgan fingerprint density at radius 2 is 1.74 bits per heavy atom. The van der Waals surface area contributed by atoms with Gasteiger partial charge in [-0.3, -0.25) is 4.79 Å². The lowest BCUT2D eigenvalue weighted by atomic mass is 9.97. The van der Waals surface area contributed by atoms with Gasteiger partial charge in [-0.15, -0.1) is 0 Å². The zero-order valence-electron chi connectivity index (χ0n) is 16.3. The largest absolute Gasteiger partial charge is 0.506 e. The number of carbonyl (C=O) groups is 1. The minimum atomic E-state index is -1.14. The summed E-state index contributed by atoms with van der Waals surface area (Å²) in [4.78, 5) is 20.8. The number of carbonyl (C=O) groups excluding carboxylic acids is 1. The van der Waals surface area contributed by atoms with E-state index in [1.807, 2.05) is 6.07 Å². The fourth-order valence-electron chi connectivity index (χ4n) is 3.32. The molecule has 4 rings (SSSR count). The highest BCUT2D eigenvalue weighted by Gasteiger charge is 2.24. The van der Waals surface area contributed by atoms with Gasteiger partial charge in [-0.05, 0) is 35.9 Å². The van der Waals surface area contributed by atoms with E-state index in [2.05, 4.69) is 9.97 Å². The number of nitrogens with zero attached hydrogens (tertiary/aromatic N) is 1. The van der Waals surface area contributed by atoms with E-state index < -0.39 is 24.3 Å². The van der Waals surface area contributed by atoms with Crippen molar-refractivity contribution in [2.24, 2.45) is 0 Å². The molecule has 0 bridgehead atoms. The number of halogens is 1. The standard InChI is InChI=1S/C24H19FN2O4/c25-17-8-4-7-16(12-17)23(31)21(24-26-18-9-1-2-10-19(18)27-24)22(30)15-6-3-5-14(11-15)20(29)13-28/h1-12,20,28-30H,13H2,(H,26,27)/b22-21-/t20-/m0/s1. The zero-order valence-corrected chi connectivity index (χ0v) is 16.3. The summed E-state index contributed by atoms with van der Waals surface area (Å²) >= 11 is 0. The molecule has 0 saturated carbocycles. The molecule has 3 aromatic carbocycles. The molecule has 0 unspecified atom stereocenters. The number of H-pyrrole nitrogens is 1. The van der Waals surface area contributed by atoms with Crippen molar-refractivity contribution in [3.05, 3.63) is 101 Å². The van der Waals surface area contributed by atoms with Crippen molar-refractivity contribution in [3.8, 4) is 0 Å². The van der Waals surface area contributed by atoms with E-state index in [4.69, 9.17) is 0 Å². The van der Waals surface area contributed by atoms with Crippen LogP contribution in [-0.2, 0) is 0 Å². The fourth-order valence-corrected chi connectivity index (χ4v) is 3.32. The van der Waals surface area contributed by atoms with E-state index in [1.54, 1.807) is 36.4 Å². The molecule has 31 heavy (non-hydrogen) atoms. The lowest BCUT2D eigenvalue weighted by Crippen LogP contribution is -2.08. The summed E-state index contributed by atoms with van der Waals surface area (Å²) in [6.07, 6.45) is -1.14. The molecule has 0 amide bonds. The molecule has 0 radical (unpaired) electrons. The Balaban J connectivity index is 1.92. The third kappa shape index (κ3) is 4.09. The predicted octanol–water partition coefficient (Wildman–Crippen LogP) is 4.04. The van der Waals surface area contributed by atoms with Crippen molar-refractivity contribution in [2.75, 3.05) is 6.61 Å². The molecule has 1 aromatic heterocycles. The number of para-hydroxylation sites is 2. The number of nitrogens with one attached hydrogen (secondary N) is 1. The lowest BCUT2D eigenvalue weighted by Gasteiger charge is -2.12. The van der Waals surface area contributed by atoms with E-state index >= 15 is 0 Å². The summed E-state index contributed by atoms with van der Waals surface area (Å²) in [7, 11) is 0. The minimum absolute atomic E-state index is 0.0496. The Hall–Kier alpha value is -3.81. The summed E-state index contributed by atoms with van der Waals surface area (Å²) in [5.41, 5.74) is 1.78. The number of ketones is 1. The maximum Gasteiger partial charge on any atom is 0.200 e. The lowest BCUT2D eigenvalue weighted by molar-refractivity contribution is 0.0956. The number of aromatic amines is 1. The number of fused-ring (bicyclic) bond motifs is 1. The van der Waals surface area contributed by atoms with Gasteiger partial charge in [0.15, 0.2) is 0 Å². The molecule has 4 aromatic rings. The van der Waals surface area contributed by atoms with Crippen LogP contribution >= 0.6 is 0 Å². The van der Waals surface area contributed by atoms with E-state index in [1.165, 1.54) is 24.3 Å². The Labute approximate surface area is 177 Å². The second-order valence-corrected chi connectivity index (χ2v) is 6.99. The van der Waals surface area contributed by atoms with E-state index in [9.17, 15) is 24.5 Å². The number of aliphatic hydroxyl groups is 3. The number of imidazole rings is 1. The molecular formula is C24H19FN2O4. The van der Waals surface area contributed by atoms with Crippen molar-refractivity contribution in [1.29, 1.82) is 0 Å². The maximum absolute atomic E-state index is 13.8. The highest BCUT2D eigenvalue weighted by atomic mass is 19.1. The molecule has 7 heteroatoms. The number of rotatable bonds is 6. The molecule has 0 aliphatic heterocycles. The number of aliphatic hydroxyl groups excluding tert-OH is 3. The quantitative estimate of drug-likeness (QED) is 0.215. The van der Waals surface area contributed by atoms with Crippen molar-refractivity contribution < 1.29 is 24.5 Å². The Morgan fingerprint density at radius 1 is 1.00 bits per heavy atom. The fraction of sp³-hybridized carbons (Fsp3) is 0.0833. The summed E-state index contributed by atoms with van der Waals surface area (Å²) in [5, 5.41) is 30.2. The van der Waals surface area contributed by atoms with Gasteiger partial charge < -0.3 is 20.3 Å². The van der Waals surface area contributed by atoms with Crippen LogP contribution in [0.25, 0.3) is 22.4 Å². The second kappa shape index (κ2) is 8.51. The van der Waals surface area contributed by atoms with Crippen LogP contribution in [0.5, 0.6) is 0 Å². The molecule has 0 spiro atoms. The number of hydrogen-bond acceptors (Lipinski definition) is 5. The second-order valence-electron chi connectivity index (χ2n) is 6.99. The van der Waals surface area contributed by atoms with Crippen LogP contribution < -0.4 is 0 Å². The van der Waals surface area contributed by atoms with Crippen molar-refractivity contribution >= 4 is 28.1 Å². The molecule has 1 atom stereocenters. The van der Waals surface area contributed by atoms with Crippen LogP contribution in [0.15, 0.2) is 72.8 Å². The third-order valence-electron chi connectivity index (χ3n) is 4.89. The maximum atomic E-state index is 13.8. The highest BCUT2D eigenvalue weighted by molar-refractivity contribution is 6.33. The topological polar surface area (TPSA) is 106 Å². The van der Waals surface area contributed by atoms with Crippen LogP contribution in [0, 0.1) is 5.82 Å². The van der Waals surface area contributed by atoms with Gasteiger partial charge in [0.05, 0.1) is 17.6 Å². The van der Waals surface area contributed by atoms with Crippen LogP contribution in [0.4, 0.5) is 4.39 Å². The molecule has 0 aliphatic carbocycles. The van der Waals surface area contributed by atoms with Crippen LogP contribution in [0.1, 0.15) is 33.4 Å². The number of aromatic nitrogens is 2. The van der Waals surface area contributed by atoms with Crippen molar-refractivity contribution in [2.45, 2.75) is 6.10 Å². The van der Waals surface area contributed by atoms with Crippen LogP contribution in [0.2, 0.25) is 0 Å². The monoisotopic (exact) mass is 418 g/mol. The molecule has 4 N–H and O–H groups in total. The van der Waals surface area contributed by atoms with Crippen LogP contribution in [-0.4, -0.2) is 37.7 Å². The summed E-state index contributed by atoms with van der Waals surface area (Å²) in [6, 6.07) is 18.5. The first kappa shape index (κ1) is 20.5.